The molecule has 0 rings (SSSR count). The van der Waals surface area contributed by atoms with Crippen LogP contribution in [0.5, 0.6) is 0 Å². The standard InChI is InChI=1S/C37H71ClO4/c1-3-5-7-9-11-13-15-17-18-20-21-23-25-27-29-31-35(39)34(33-38)37(41,42)36(40)32-30-28-26-24-22-19-16-14-12-10-8-6-4-2/h34,41-42H,3-33H2,1-2H3/t34-/m0/s1. The largest absolute Gasteiger partial charge is 0.359 e. The Bertz CT molecular complexity index is 607. The lowest BCUT2D eigenvalue weighted by molar-refractivity contribution is -0.201. The lowest BCUT2D eigenvalue weighted by Gasteiger charge is -2.27. The smallest absolute Gasteiger partial charge is 0.235 e. The summed E-state index contributed by atoms with van der Waals surface area (Å²) < 4.78 is 0. The first-order chi connectivity index (χ1) is 20.4. The van der Waals surface area contributed by atoms with Crippen LogP contribution in [0.4, 0.5) is 0 Å². The number of ketones is 2. The molecule has 0 heterocycles. The highest BCUT2D eigenvalue weighted by Gasteiger charge is 2.44. The summed E-state index contributed by atoms with van der Waals surface area (Å²) in [6.07, 6.45) is 34.8. The van der Waals surface area contributed by atoms with Gasteiger partial charge in [0.05, 0.1) is 5.92 Å². The van der Waals surface area contributed by atoms with E-state index in [1.807, 2.05) is 0 Å². The van der Waals surface area contributed by atoms with Crippen LogP contribution < -0.4 is 0 Å². The van der Waals surface area contributed by atoms with Gasteiger partial charge in [0.15, 0.2) is 5.78 Å². The van der Waals surface area contributed by atoms with Gasteiger partial charge in [-0.1, -0.05) is 181 Å². The first-order valence-corrected chi connectivity index (χ1v) is 19.0. The van der Waals surface area contributed by atoms with Crippen molar-refractivity contribution in [2.24, 2.45) is 5.92 Å². The Morgan fingerprint density at radius 1 is 0.476 bits per heavy atom. The molecule has 0 aliphatic rings. The van der Waals surface area contributed by atoms with Gasteiger partial charge in [0.2, 0.25) is 5.79 Å². The maximum absolute atomic E-state index is 12.7. The van der Waals surface area contributed by atoms with Gasteiger partial charge in [0.1, 0.15) is 5.78 Å². The van der Waals surface area contributed by atoms with E-state index < -0.39 is 17.5 Å². The number of aliphatic hydroxyl groups is 2. The zero-order valence-corrected chi connectivity index (χ0v) is 28.8. The second kappa shape index (κ2) is 30.6. The van der Waals surface area contributed by atoms with Crippen LogP contribution in [0.15, 0.2) is 0 Å². The highest BCUT2D eigenvalue weighted by atomic mass is 35.5. The maximum Gasteiger partial charge on any atom is 0.235 e. The van der Waals surface area contributed by atoms with Crippen molar-refractivity contribution >= 4 is 23.2 Å². The zero-order valence-electron chi connectivity index (χ0n) is 28.1. The van der Waals surface area contributed by atoms with E-state index in [0.717, 1.165) is 32.1 Å². The van der Waals surface area contributed by atoms with Crippen LogP contribution in [-0.4, -0.2) is 33.4 Å². The van der Waals surface area contributed by atoms with Gasteiger partial charge in [-0.2, -0.15) is 0 Å². The topological polar surface area (TPSA) is 74.6 Å². The molecule has 4 nitrogen and oxygen atoms in total. The molecule has 0 unspecified atom stereocenters. The van der Waals surface area contributed by atoms with E-state index in [4.69, 9.17) is 11.6 Å². The Kier molecular flexibility index (Phi) is 30.2. The molecule has 250 valence electrons. The second-order valence-corrected chi connectivity index (χ2v) is 13.3. The van der Waals surface area contributed by atoms with Crippen LogP contribution in [0.2, 0.25) is 0 Å². The minimum Gasteiger partial charge on any atom is -0.359 e. The average molecular weight is 615 g/mol. The Labute approximate surface area is 266 Å². The molecule has 0 aromatic rings. The molecule has 42 heavy (non-hydrogen) atoms. The number of Topliss-reactive ketones (excluding diaryl/α,β-unsaturated/α-hetero) is 2. The van der Waals surface area contributed by atoms with Gasteiger partial charge < -0.3 is 10.2 Å². The maximum atomic E-state index is 12.7. The fourth-order valence-electron chi connectivity index (χ4n) is 5.94. The number of halogens is 1. The van der Waals surface area contributed by atoms with Crippen molar-refractivity contribution in [2.45, 2.75) is 212 Å². The Balaban J connectivity index is 3.82. The van der Waals surface area contributed by atoms with Gasteiger partial charge in [-0.05, 0) is 12.8 Å². The Hall–Kier alpha value is -0.450. The van der Waals surface area contributed by atoms with E-state index >= 15 is 0 Å². The third-order valence-corrected chi connectivity index (χ3v) is 9.28. The zero-order chi connectivity index (χ0) is 31.2. The first-order valence-electron chi connectivity index (χ1n) is 18.5. The third kappa shape index (κ3) is 23.9. The van der Waals surface area contributed by atoms with Gasteiger partial charge in [-0.3, -0.25) is 9.59 Å². The Morgan fingerprint density at radius 2 is 0.738 bits per heavy atom. The van der Waals surface area contributed by atoms with E-state index in [1.54, 1.807) is 0 Å². The number of carbonyl (C=O) groups is 2. The monoisotopic (exact) mass is 615 g/mol. The van der Waals surface area contributed by atoms with Crippen molar-refractivity contribution in [3.05, 3.63) is 0 Å². The number of hydrogen-bond donors (Lipinski definition) is 2. The highest BCUT2D eigenvalue weighted by molar-refractivity contribution is 6.20. The number of unbranched alkanes of at least 4 members (excludes halogenated alkanes) is 26. The van der Waals surface area contributed by atoms with Gasteiger partial charge >= 0.3 is 0 Å². The molecule has 0 aliphatic heterocycles. The molecule has 0 radical (unpaired) electrons. The van der Waals surface area contributed by atoms with E-state index in [0.29, 0.717) is 12.8 Å². The average Bonchev–Trinajstić information content (AvgIpc) is 2.97. The number of alkyl halides is 1. The van der Waals surface area contributed by atoms with Crippen molar-refractivity contribution in [3.63, 3.8) is 0 Å². The SMILES string of the molecule is CCCCCCCCCCCCCCCCCC(=O)[C@H](CCl)C(O)(O)C(=O)CCCCCCCCCCCCCCC. The molecular weight excluding hydrogens is 544 g/mol. The second-order valence-electron chi connectivity index (χ2n) is 13.0. The number of hydrogen-bond acceptors (Lipinski definition) is 4. The number of carbonyl (C=O) groups excluding carboxylic acids is 2. The predicted octanol–water partition coefficient (Wildman–Crippen LogP) is 11.4. The van der Waals surface area contributed by atoms with Crippen molar-refractivity contribution in [3.8, 4) is 0 Å². The van der Waals surface area contributed by atoms with Gasteiger partial charge in [0.25, 0.3) is 0 Å². The van der Waals surface area contributed by atoms with Gasteiger partial charge in [-0.25, -0.2) is 0 Å². The highest BCUT2D eigenvalue weighted by Crippen LogP contribution is 2.24. The minimum absolute atomic E-state index is 0.0877. The summed E-state index contributed by atoms with van der Waals surface area (Å²) in [5.74, 6) is -5.09. The third-order valence-electron chi connectivity index (χ3n) is 8.97. The minimum atomic E-state index is -2.65. The summed E-state index contributed by atoms with van der Waals surface area (Å²) in [5, 5.41) is 21.1. The molecule has 0 amide bonds. The molecule has 0 aromatic heterocycles. The van der Waals surface area contributed by atoms with Crippen LogP contribution in [0, 0.1) is 5.92 Å². The lowest BCUT2D eigenvalue weighted by atomic mass is 9.87. The molecule has 0 spiro atoms. The van der Waals surface area contributed by atoms with Crippen LogP contribution in [-0.2, 0) is 9.59 Å². The number of rotatable bonds is 34. The molecule has 1 atom stereocenters. The molecule has 0 bridgehead atoms. The van der Waals surface area contributed by atoms with E-state index in [2.05, 4.69) is 13.8 Å². The molecule has 0 saturated heterocycles. The van der Waals surface area contributed by atoms with Gasteiger partial charge in [0, 0.05) is 18.7 Å². The van der Waals surface area contributed by atoms with Crippen molar-refractivity contribution in [2.75, 3.05) is 5.88 Å². The van der Waals surface area contributed by atoms with Crippen LogP contribution in [0.1, 0.15) is 206 Å². The quantitative estimate of drug-likeness (QED) is 0.0429. The van der Waals surface area contributed by atoms with Crippen LogP contribution in [0.3, 0.4) is 0 Å². The normalized spacial score (nSPS) is 12.6. The van der Waals surface area contributed by atoms with Crippen molar-refractivity contribution in [1.82, 2.24) is 0 Å². The predicted molar refractivity (Wildman–Crippen MR) is 181 cm³/mol. The lowest BCUT2D eigenvalue weighted by Crippen LogP contribution is -2.50. The molecular formula is C37H71ClO4. The summed E-state index contributed by atoms with van der Waals surface area (Å²) >= 11 is 5.96. The fraction of sp³-hybridized carbons (Fsp3) is 0.946. The van der Waals surface area contributed by atoms with Crippen LogP contribution in [0.25, 0.3) is 0 Å². The van der Waals surface area contributed by atoms with E-state index in [-0.39, 0.29) is 24.5 Å². The summed E-state index contributed by atoms with van der Waals surface area (Å²) in [6.45, 7) is 4.51. The van der Waals surface area contributed by atoms with Crippen LogP contribution >= 0.6 is 11.6 Å². The summed E-state index contributed by atoms with van der Waals surface area (Å²) in [5.41, 5.74) is 0. The first kappa shape index (κ1) is 41.5. The molecule has 0 aromatic carbocycles. The molecule has 2 N–H and O–H groups in total. The van der Waals surface area contributed by atoms with Gasteiger partial charge in [-0.15, -0.1) is 11.6 Å². The fourth-order valence-corrected chi connectivity index (χ4v) is 6.33. The Morgan fingerprint density at radius 3 is 1.02 bits per heavy atom. The molecule has 0 saturated carbocycles. The molecule has 0 aliphatic carbocycles. The summed E-state index contributed by atoms with van der Waals surface area (Å²) in [6, 6.07) is 0. The van der Waals surface area contributed by atoms with Crippen molar-refractivity contribution in [1.29, 1.82) is 0 Å². The molecule has 5 heteroatoms. The van der Waals surface area contributed by atoms with E-state index in [1.165, 1.54) is 135 Å². The molecule has 0 fully saturated rings. The summed E-state index contributed by atoms with van der Waals surface area (Å²) in [4.78, 5) is 25.3. The summed E-state index contributed by atoms with van der Waals surface area (Å²) in [7, 11) is 0. The van der Waals surface area contributed by atoms with Crippen molar-refractivity contribution < 1.29 is 19.8 Å². The van der Waals surface area contributed by atoms with E-state index in [9.17, 15) is 19.8 Å².